The Hall–Kier alpha value is -3.00. The van der Waals surface area contributed by atoms with Crippen molar-refractivity contribution in [3.05, 3.63) is 35.4 Å². The molecule has 0 saturated carbocycles. The summed E-state index contributed by atoms with van der Waals surface area (Å²) in [5.41, 5.74) is 5.16. The first kappa shape index (κ1) is 20.7. The predicted molar refractivity (Wildman–Crippen MR) is 103 cm³/mol. The van der Waals surface area contributed by atoms with E-state index in [1.807, 2.05) is 0 Å². The van der Waals surface area contributed by atoms with E-state index in [9.17, 15) is 23.2 Å². The average Bonchev–Trinajstić information content (AvgIpc) is 3.16. The highest BCUT2D eigenvalue weighted by Crippen LogP contribution is 2.33. The molecular weight excluding hydrogens is 405 g/mol. The van der Waals surface area contributed by atoms with Crippen LogP contribution in [0.2, 0.25) is 0 Å². The van der Waals surface area contributed by atoms with Crippen molar-refractivity contribution in [3.8, 4) is 6.07 Å². The van der Waals surface area contributed by atoms with Crippen molar-refractivity contribution in [1.29, 1.82) is 5.26 Å². The molecule has 1 amide bonds. The number of aromatic nitrogens is 2. The Morgan fingerprint density at radius 2 is 2.17 bits per heavy atom. The molecule has 0 radical (unpaired) electrons. The van der Waals surface area contributed by atoms with Crippen LogP contribution in [0.3, 0.4) is 0 Å². The van der Waals surface area contributed by atoms with Crippen LogP contribution >= 0.6 is 11.8 Å². The van der Waals surface area contributed by atoms with Gasteiger partial charge in [0.05, 0.1) is 5.56 Å². The number of halogens is 3. The molecule has 1 aliphatic rings. The third kappa shape index (κ3) is 4.37. The van der Waals surface area contributed by atoms with Crippen LogP contribution in [0.5, 0.6) is 0 Å². The molecule has 7 nitrogen and oxygen atoms in total. The number of amides is 1. The van der Waals surface area contributed by atoms with E-state index in [2.05, 4.69) is 21.4 Å². The molecule has 2 heterocycles. The van der Waals surface area contributed by atoms with Gasteiger partial charge in [-0.3, -0.25) is 4.79 Å². The Morgan fingerprint density at radius 3 is 2.83 bits per heavy atom. The summed E-state index contributed by atoms with van der Waals surface area (Å²) in [6.07, 6.45) is -1.64. The molecule has 3 rings (SSSR count). The molecule has 0 bridgehead atoms. The lowest BCUT2D eigenvalue weighted by molar-refractivity contribution is -0.137. The van der Waals surface area contributed by atoms with E-state index in [1.165, 1.54) is 23.9 Å². The minimum atomic E-state index is -4.51. The van der Waals surface area contributed by atoms with Gasteiger partial charge >= 0.3 is 6.18 Å². The number of hydrogen-bond acceptors (Lipinski definition) is 7. The molecular formula is C18H17F3N6OS. The van der Waals surface area contributed by atoms with E-state index in [0.29, 0.717) is 24.4 Å². The molecule has 0 spiro atoms. The summed E-state index contributed by atoms with van der Waals surface area (Å²) in [6.45, 7) is 0.458. The van der Waals surface area contributed by atoms with Gasteiger partial charge in [0.15, 0.2) is 5.82 Å². The highest BCUT2D eigenvalue weighted by atomic mass is 32.2. The molecule has 29 heavy (non-hydrogen) atoms. The van der Waals surface area contributed by atoms with Crippen molar-refractivity contribution in [2.75, 3.05) is 28.8 Å². The number of thioether (sulfide) groups is 1. The number of carbonyl (C=O) groups excluding carboxylic acids is 1. The van der Waals surface area contributed by atoms with Crippen molar-refractivity contribution in [1.82, 2.24) is 9.97 Å². The number of rotatable bonds is 4. The van der Waals surface area contributed by atoms with Crippen molar-refractivity contribution in [3.63, 3.8) is 0 Å². The monoisotopic (exact) mass is 422 g/mol. The quantitative estimate of drug-likeness (QED) is 0.575. The number of nitriles is 1. The highest BCUT2D eigenvalue weighted by molar-refractivity contribution is 7.98. The van der Waals surface area contributed by atoms with Gasteiger partial charge in [-0.1, -0.05) is 6.07 Å². The average molecular weight is 422 g/mol. The van der Waals surface area contributed by atoms with E-state index < -0.39 is 23.7 Å². The fourth-order valence-corrected chi connectivity index (χ4v) is 3.72. The SMILES string of the molecule is CSc1nc(N)nc(N2CCCC2C(=O)Nc2cccc(C(F)(F)F)c2)c1C#N. The Kier molecular flexibility index (Phi) is 5.83. The third-order valence-corrected chi connectivity index (χ3v) is 5.15. The lowest BCUT2D eigenvalue weighted by Crippen LogP contribution is -2.40. The molecule has 152 valence electrons. The van der Waals surface area contributed by atoms with Crippen LogP contribution in [-0.2, 0) is 11.0 Å². The highest BCUT2D eigenvalue weighted by Gasteiger charge is 2.35. The minimum absolute atomic E-state index is 0.0210. The lowest BCUT2D eigenvalue weighted by Gasteiger charge is -2.26. The predicted octanol–water partition coefficient (Wildman–Crippen LogP) is 3.28. The van der Waals surface area contributed by atoms with E-state index in [4.69, 9.17) is 5.73 Å². The van der Waals surface area contributed by atoms with Crippen molar-refractivity contribution in [2.45, 2.75) is 30.1 Å². The zero-order valence-electron chi connectivity index (χ0n) is 15.3. The number of hydrogen-bond donors (Lipinski definition) is 2. The number of nitrogens with zero attached hydrogens (tertiary/aromatic N) is 4. The zero-order chi connectivity index (χ0) is 21.2. The molecule has 1 atom stereocenters. The van der Waals surface area contributed by atoms with Crippen LogP contribution in [0.25, 0.3) is 0 Å². The molecule has 11 heteroatoms. The van der Waals surface area contributed by atoms with Crippen LogP contribution in [0.1, 0.15) is 24.0 Å². The fraction of sp³-hybridized carbons (Fsp3) is 0.333. The van der Waals surface area contributed by atoms with Gasteiger partial charge in [0.25, 0.3) is 0 Å². The maximum Gasteiger partial charge on any atom is 0.416 e. The molecule has 1 aliphatic heterocycles. The Morgan fingerprint density at radius 1 is 1.41 bits per heavy atom. The van der Waals surface area contributed by atoms with Crippen LogP contribution in [0.15, 0.2) is 29.3 Å². The number of nitrogens with two attached hydrogens (primary N) is 1. The Labute approximate surface area is 169 Å². The second kappa shape index (κ2) is 8.16. The van der Waals surface area contributed by atoms with Gasteiger partial charge in [0.2, 0.25) is 11.9 Å². The lowest BCUT2D eigenvalue weighted by atomic mass is 10.1. The second-order valence-electron chi connectivity index (χ2n) is 6.32. The first-order valence-electron chi connectivity index (χ1n) is 8.61. The summed E-state index contributed by atoms with van der Waals surface area (Å²) in [5.74, 6) is -0.244. The standard InChI is InChI=1S/C18H17F3N6OS/c1-29-16-12(9-22)14(25-17(23)26-16)27-7-3-6-13(27)15(28)24-11-5-2-4-10(8-11)18(19,20)21/h2,4-5,8,13H,3,6-7H2,1H3,(H,24,28)(H2,23,25,26). The van der Waals surface area contributed by atoms with Gasteiger partial charge in [-0.15, -0.1) is 11.8 Å². The maximum absolute atomic E-state index is 12.9. The van der Waals surface area contributed by atoms with Gasteiger partial charge in [0.1, 0.15) is 22.7 Å². The third-order valence-electron chi connectivity index (χ3n) is 4.46. The molecule has 1 fully saturated rings. The topological polar surface area (TPSA) is 108 Å². The number of carbonyl (C=O) groups is 1. The summed E-state index contributed by atoms with van der Waals surface area (Å²) in [4.78, 5) is 22.6. The second-order valence-corrected chi connectivity index (χ2v) is 7.12. The van der Waals surface area contributed by atoms with Crippen LogP contribution in [-0.4, -0.2) is 34.7 Å². The van der Waals surface area contributed by atoms with Crippen molar-refractivity contribution < 1.29 is 18.0 Å². The largest absolute Gasteiger partial charge is 0.416 e. The van der Waals surface area contributed by atoms with Gasteiger partial charge in [-0.2, -0.15) is 23.4 Å². The number of nitrogens with one attached hydrogen (secondary N) is 1. The smallest absolute Gasteiger partial charge is 0.368 e. The Balaban J connectivity index is 1.88. The van der Waals surface area contributed by atoms with Gasteiger partial charge in [0, 0.05) is 12.2 Å². The number of anilines is 3. The van der Waals surface area contributed by atoms with E-state index in [1.54, 1.807) is 11.2 Å². The summed E-state index contributed by atoms with van der Waals surface area (Å²) < 4.78 is 38.7. The van der Waals surface area contributed by atoms with Crippen molar-refractivity contribution >= 4 is 35.1 Å². The molecule has 1 aromatic carbocycles. The van der Waals surface area contributed by atoms with Crippen LogP contribution in [0, 0.1) is 11.3 Å². The van der Waals surface area contributed by atoms with E-state index in [-0.39, 0.29) is 23.0 Å². The minimum Gasteiger partial charge on any atom is -0.368 e. The van der Waals surface area contributed by atoms with E-state index >= 15 is 0 Å². The van der Waals surface area contributed by atoms with E-state index in [0.717, 1.165) is 12.1 Å². The number of benzene rings is 1. The normalized spacial score (nSPS) is 16.5. The molecule has 1 unspecified atom stereocenters. The molecule has 1 saturated heterocycles. The molecule has 3 N–H and O–H groups in total. The summed E-state index contributed by atoms with van der Waals surface area (Å²) in [7, 11) is 0. The molecule has 2 aromatic rings. The van der Waals surface area contributed by atoms with Crippen LogP contribution < -0.4 is 16.0 Å². The zero-order valence-corrected chi connectivity index (χ0v) is 16.1. The van der Waals surface area contributed by atoms with Gasteiger partial charge in [-0.25, -0.2) is 4.98 Å². The van der Waals surface area contributed by atoms with Gasteiger partial charge < -0.3 is 16.0 Å². The van der Waals surface area contributed by atoms with Crippen LogP contribution in [0.4, 0.5) is 30.6 Å². The summed E-state index contributed by atoms with van der Waals surface area (Å²) in [6, 6.07) is 5.80. The Bertz CT molecular complexity index is 975. The first-order valence-corrected chi connectivity index (χ1v) is 9.83. The summed E-state index contributed by atoms with van der Waals surface area (Å²) >= 11 is 1.24. The fourth-order valence-electron chi connectivity index (χ4n) is 3.19. The maximum atomic E-state index is 12.9. The molecule has 1 aromatic heterocycles. The number of nitrogen functional groups attached to an aromatic ring is 1. The van der Waals surface area contributed by atoms with Gasteiger partial charge in [-0.05, 0) is 37.3 Å². The first-order chi connectivity index (χ1) is 13.7. The van der Waals surface area contributed by atoms with Crippen molar-refractivity contribution in [2.24, 2.45) is 0 Å². The molecule has 0 aliphatic carbocycles. The summed E-state index contributed by atoms with van der Waals surface area (Å²) in [5, 5.41) is 12.5. The number of alkyl halides is 3.